The topological polar surface area (TPSA) is 80.5 Å². The molecule has 1 aromatic heterocycles. The summed E-state index contributed by atoms with van der Waals surface area (Å²) in [7, 11) is 4.02. The minimum Gasteiger partial charge on any atom is -0.492 e. The molecule has 0 atom stereocenters. The minimum absolute atomic E-state index is 0.188. The number of thiazole rings is 1. The second kappa shape index (κ2) is 8.61. The van der Waals surface area contributed by atoms with E-state index in [4.69, 9.17) is 10.5 Å². The largest absolute Gasteiger partial charge is 0.492 e. The van der Waals surface area contributed by atoms with Crippen LogP contribution in [0.3, 0.4) is 0 Å². The van der Waals surface area contributed by atoms with Gasteiger partial charge in [-0.3, -0.25) is 4.79 Å². The first kappa shape index (κ1) is 17.4. The van der Waals surface area contributed by atoms with E-state index in [9.17, 15) is 4.79 Å². The first-order chi connectivity index (χ1) is 11.1. The molecule has 6 nitrogen and oxygen atoms in total. The molecule has 0 unspecified atom stereocenters. The lowest BCUT2D eigenvalue weighted by molar-refractivity contribution is 0.0946. The third-order valence-corrected chi connectivity index (χ3v) is 4.01. The number of likely N-dealkylation sites (N-methyl/N-ethyl adjacent to an activating group) is 1. The molecule has 1 amide bonds. The Balaban J connectivity index is 1.80. The van der Waals surface area contributed by atoms with Crippen LogP contribution in [-0.2, 0) is 13.1 Å². The summed E-state index contributed by atoms with van der Waals surface area (Å²) in [5.74, 6) is 0.640. The van der Waals surface area contributed by atoms with E-state index in [1.807, 2.05) is 38.4 Å². The monoisotopic (exact) mass is 334 g/mol. The second-order valence-corrected chi connectivity index (χ2v) is 6.25. The van der Waals surface area contributed by atoms with Gasteiger partial charge in [0, 0.05) is 25.0 Å². The van der Waals surface area contributed by atoms with Crippen molar-refractivity contribution in [3.8, 4) is 5.75 Å². The summed E-state index contributed by atoms with van der Waals surface area (Å²) >= 11 is 1.39. The van der Waals surface area contributed by atoms with Crippen LogP contribution in [0.25, 0.3) is 0 Å². The van der Waals surface area contributed by atoms with E-state index in [1.165, 1.54) is 11.3 Å². The van der Waals surface area contributed by atoms with E-state index in [2.05, 4.69) is 15.2 Å². The molecule has 1 heterocycles. The number of amides is 1. The van der Waals surface area contributed by atoms with E-state index >= 15 is 0 Å². The fourth-order valence-corrected chi connectivity index (χ4v) is 2.49. The van der Waals surface area contributed by atoms with Crippen molar-refractivity contribution < 1.29 is 9.53 Å². The smallest absolute Gasteiger partial charge is 0.271 e. The zero-order valence-corrected chi connectivity index (χ0v) is 14.2. The lowest BCUT2D eigenvalue weighted by Crippen LogP contribution is -2.23. The quantitative estimate of drug-likeness (QED) is 0.764. The Kier molecular flexibility index (Phi) is 6.52. The van der Waals surface area contributed by atoms with Crippen LogP contribution in [-0.4, -0.2) is 43.0 Å². The third-order valence-electron chi connectivity index (χ3n) is 3.14. The number of aromatic nitrogens is 1. The van der Waals surface area contributed by atoms with Crippen molar-refractivity contribution in [3.63, 3.8) is 0 Å². The molecule has 3 N–H and O–H groups in total. The zero-order chi connectivity index (χ0) is 16.7. The van der Waals surface area contributed by atoms with Gasteiger partial charge < -0.3 is 20.7 Å². The number of hydrogen-bond acceptors (Lipinski definition) is 6. The zero-order valence-electron chi connectivity index (χ0n) is 13.4. The first-order valence-corrected chi connectivity index (χ1v) is 8.25. The molecule has 7 heteroatoms. The van der Waals surface area contributed by atoms with E-state index in [-0.39, 0.29) is 5.91 Å². The fraction of sp³-hybridized carbons (Fsp3) is 0.375. The molecule has 2 aromatic rings. The number of nitrogens with zero attached hydrogens (tertiary/aromatic N) is 2. The summed E-state index contributed by atoms with van der Waals surface area (Å²) < 4.78 is 5.63. The Bertz CT molecular complexity index is 625. The highest BCUT2D eigenvalue weighted by Crippen LogP contribution is 2.13. The molecule has 2 rings (SSSR count). The molecule has 0 aliphatic carbocycles. The summed E-state index contributed by atoms with van der Waals surface area (Å²) in [6.45, 7) is 2.33. The molecular formula is C16H22N4O2S. The molecule has 23 heavy (non-hydrogen) atoms. The van der Waals surface area contributed by atoms with Crippen molar-refractivity contribution in [1.82, 2.24) is 15.2 Å². The molecule has 124 valence electrons. The Morgan fingerprint density at radius 3 is 2.70 bits per heavy atom. The van der Waals surface area contributed by atoms with E-state index in [1.54, 1.807) is 5.38 Å². The SMILES string of the molecule is CN(C)CCOc1ccc(CNC(=O)c2csc(CN)n2)cc1. The highest BCUT2D eigenvalue weighted by Gasteiger charge is 2.09. The van der Waals surface area contributed by atoms with Gasteiger partial charge in [-0.25, -0.2) is 4.98 Å². The Morgan fingerprint density at radius 1 is 1.35 bits per heavy atom. The van der Waals surface area contributed by atoms with Gasteiger partial charge in [0.15, 0.2) is 0 Å². The Morgan fingerprint density at radius 2 is 2.09 bits per heavy atom. The van der Waals surface area contributed by atoms with Crippen LogP contribution < -0.4 is 15.8 Å². The van der Waals surface area contributed by atoms with E-state index in [0.29, 0.717) is 25.4 Å². The summed E-state index contributed by atoms with van der Waals surface area (Å²) in [6, 6.07) is 7.70. The van der Waals surface area contributed by atoms with Crippen molar-refractivity contribution in [3.05, 3.63) is 45.9 Å². The summed E-state index contributed by atoms with van der Waals surface area (Å²) in [5.41, 5.74) is 6.92. The molecular weight excluding hydrogens is 312 g/mol. The molecule has 0 fully saturated rings. The molecule has 1 aromatic carbocycles. The summed E-state index contributed by atoms with van der Waals surface area (Å²) in [5, 5.41) is 5.33. The van der Waals surface area contributed by atoms with Gasteiger partial charge in [-0.2, -0.15) is 0 Å². The Hall–Kier alpha value is -1.96. The maximum Gasteiger partial charge on any atom is 0.271 e. The average molecular weight is 334 g/mol. The molecule has 0 bridgehead atoms. The van der Waals surface area contributed by atoms with Crippen LogP contribution >= 0.6 is 11.3 Å². The van der Waals surface area contributed by atoms with Gasteiger partial charge in [0.25, 0.3) is 5.91 Å². The average Bonchev–Trinajstić information content (AvgIpc) is 3.02. The lowest BCUT2D eigenvalue weighted by Gasteiger charge is -2.11. The van der Waals surface area contributed by atoms with Gasteiger partial charge >= 0.3 is 0 Å². The van der Waals surface area contributed by atoms with Gasteiger partial charge in [-0.1, -0.05) is 12.1 Å². The lowest BCUT2D eigenvalue weighted by atomic mass is 10.2. The number of ether oxygens (including phenoxy) is 1. The van der Waals surface area contributed by atoms with Crippen molar-refractivity contribution in [2.75, 3.05) is 27.2 Å². The van der Waals surface area contributed by atoms with Gasteiger partial charge in [-0.05, 0) is 31.8 Å². The first-order valence-electron chi connectivity index (χ1n) is 7.37. The normalized spacial score (nSPS) is 10.8. The standard InChI is InChI=1S/C16H22N4O2S/c1-20(2)7-8-22-13-5-3-12(4-6-13)10-18-16(21)14-11-23-15(9-17)19-14/h3-6,11H,7-10,17H2,1-2H3,(H,18,21). The number of hydrogen-bond donors (Lipinski definition) is 2. The van der Waals surface area contributed by atoms with E-state index in [0.717, 1.165) is 22.9 Å². The van der Waals surface area contributed by atoms with Crippen LogP contribution in [0.5, 0.6) is 5.75 Å². The number of nitrogens with two attached hydrogens (primary N) is 1. The number of nitrogens with one attached hydrogen (secondary N) is 1. The predicted octanol–water partition coefficient (Wildman–Crippen LogP) is 1.47. The molecule has 0 spiro atoms. The van der Waals surface area contributed by atoms with Gasteiger partial charge in [-0.15, -0.1) is 11.3 Å². The van der Waals surface area contributed by atoms with Crippen LogP contribution in [0, 0.1) is 0 Å². The highest BCUT2D eigenvalue weighted by molar-refractivity contribution is 7.09. The van der Waals surface area contributed by atoms with Crippen LogP contribution in [0.15, 0.2) is 29.6 Å². The van der Waals surface area contributed by atoms with Gasteiger partial charge in [0.2, 0.25) is 0 Å². The summed E-state index contributed by atoms with van der Waals surface area (Å²) in [6.07, 6.45) is 0. The van der Waals surface area contributed by atoms with Crippen molar-refractivity contribution >= 4 is 17.2 Å². The number of carbonyl (C=O) groups excluding carboxylic acids is 1. The van der Waals surface area contributed by atoms with Crippen molar-refractivity contribution in [2.24, 2.45) is 5.73 Å². The molecule has 0 aliphatic rings. The summed E-state index contributed by atoms with van der Waals surface area (Å²) in [4.78, 5) is 18.2. The molecule has 0 saturated carbocycles. The minimum atomic E-state index is -0.188. The number of carbonyl (C=O) groups is 1. The van der Waals surface area contributed by atoms with Crippen LogP contribution in [0.2, 0.25) is 0 Å². The van der Waals surface area contributed by atoms with Crippen LogP contribution in [0.1, 0.15) is 21.1 Å². The van der Waals surface area contributed by atoms with Crippen molar-refractivity contribution in [2.45, 2.75) is 13.1 Å². The maximum atomic E-state index is 12.0. The second-order valence-electron chi connectivity index (χ2n) is 5.31. The highest BCUT2D eigenvalue weighted by atomic mass is 32.1. The van der Waals surface area contributed by atoms with E-state index < -0.39 is 0 Å². The molecule has 0 saturated heterocycles. The predicted molar refractivity (Wildman–Crippen MR) is 91.7 cm³/mol. The number of benzene rings is 1. The van der Waals surface area contributed by atoms with Crippen molar-refractivity contribution in [1.29, 1.82) is 0 Å². The molecule has 0 aliphatic heterocycles. The maximum absolute atomic E-state index is 12.0. The number of rotatable bonds is 8. The Labute approximate surface area is 140 Å². The fourth-order valence-electron chi connectivity index (χ4n) is 1.83. The van der Waals surface area contributed by atoms with Crippen LogP contribution in [0.4, 0.5) is 0 Å². The van der Waals surface area contributed by atoms with Gasteiger partial charge in [0.05, 0.1) is 0 Å². The molecule has 0 radical (unpaired) electrons. The van der Waals surface area contributed by atoms with Gasteiger partial charge in [0.1, 0.15) is 23.1 Å². The third kappa shape index (κ3) is 5.63.